The highest BCUT2D eigenvalue weighted by Crippen LogP contribution is 2.30. The molecule has 0 radical (unpaired) electrons. The van der Waals surface area contributed by atoms with E-state index in [0.717, 1.165) is 41.8 Å². The fraction of sp³-hybridized carbons (Fsp3) is 0.296. The number of carbonyl (C=O) groups is 2. The monoisotopic (exact) mass is 447 g/mol. The van der Waals surface area contributed by atoms with E-state index in [-0.39, 0.29) is 18.5 Å². The van der Waals surface area contributed by atoms with Gasteiger partial charge in [0.25, 0.3) is 0 Å². The summed E-state index contributed by atoms with van der Waals surface area (Å²) in [6.07, 6.45) is 2.61. The van der Waals surface area contributed by atoms with Crippen molar-refractivity contribution >= 4 is 11.8 Å². The number of hydrogen-bond donors (Lipinski definition) is 1. The second-order valence-corrected chi connectivity index (χ2v) is 7.94. The predicted molar refractivity (Wildman–Crippen MR) is 127 cm³/mol. The molecule has 1 atom stereocenters. The van der Waals surface area contributed by atoms with Gasteiger partial charge in [-0.1, -0.05) is 43.7 Å². The smallest absolute Gasteiger partial charge is 0.341 e. The molecule has 33 heavy (non-hydrogen) atoms. The van der Waals surface area contributed by atoms with Gasteiger partial charge in [0.2, 0.25) is 0 Å². The molecule has 1 N–H and O–H groups in total. The SMILES string of the molecule is CCCCC(Oc1ccc(OCC(=O)O)c(C)c1)c1cccc(-c2ccc(C(C)=O)cc2)n1. The van der Waals surface area contributed by atoms with Gasteiger partial charge in [-0.25, -0.2) is 9.78 Å². The Kier molecular flexibility index (Phi) is 8.19. The number of carboxylic acid groups (broad SMARTS) is 1. The molecule has 0 aliphatic heterocycles. The van der Waals surface area contributed by atoms with E-state index >= 15 is 0 Å². The topological polar surface area (TPSA) is 85.7 Å². The highest BCUT2D eigenvalue weighted by Gasteiger charge is 2.17. The Morgan fingerprint density at radius 1 is 1.06 bits per heavy atom. The Balaban J connectivity index is 1.83. The number of Topliss-reactive ketones (excluding diaryl/α,β-unsaturated/α-hetero) is 1. The van der Waals surface area contributed by atoms with Crippen LogP contribution in [0.25, 0.3) is 11.3 Å². The third-order valence-corrected chi connectivity index (χ3v) is 5.28. The van der Waals surface area contributed by atoms with E-state index in [1.165, 1.54) is 0 Å². The molecule has 1 aromatic heterocycles. The summed E-state index contributed by atoms with van der Waals surface area (Å²) >= 11 is 0. The number of benzene rings is 2. The number of hydrogen-bond acceptors (Lipinski definition) is 5. The number of aryl methyl sites for hydroxylation is 1. The van der Waals surface area contributed by atoms with Crippen LogP contribution in [0, 0.1) is 6.92 Å². The quantitative estimate of drug-likeness (QED) is 0.361. The fourth-order valence-electron chi connectivity index (χ4n) is 3.48. The fourth-order valence-corrected chi connectivity index (χ4v) is 3.48. The molecule has 0 aliphatic rings. The summed E-state index contributed by atoms with van der Waals surface area (Å²) in [5.74, 6) is 0.209. The standard InChI is InChI=1S/C27H29NO5/c1-4-5-9-26(33-22-14-15-25(18(2)16-22)32-17-27(30)31)24-8-6-7-23(28-24)21-12-10-20(11-13-21)19(3)29/h6-8,10-16,26H,4-5,9,17H2,1-3H3,(H,30,31). The van der Waals surface area contributed by atoms with Crippen LogP contribution in [-0.2, 0) is 4.79 Å². The number of carboxylic acids is 1. The van der Waals surface area contributed by atoms with Crippen molar-refractivity contribution in [2.24, 2.45) is 0 Å². The van der Waals surface area contributed by atoms with Crippen molar-refractivity contribution < 1.29 is 24.2 Å². The summed E-state index contributed by atoms with van der Waals surface area (Å²) in [5, 5.41) is 8.82. The lowest BCUT2D eigenvalue weighted by Crippen LogP contribution is -2.11. The molecule has 0 spiro atoms. The van der Waals surface area contributed by atoms with Gasteiger partial charge in [-0.15, -0.1) is 0 Å². The minimum Gasteiger partial charge on any atom is -0.484 e. The first-order valence-corrected chi connectivity index (χ1v) is 11.1. The molecule has 0 saturated heterocycles. The van der Waals surface area contributed by atoms with E-state index in [0.29, 0.717) is 17.1 Å². The van der Waals surface area contributed by atoms with E-state index in [4.69, 9.17) is 19.6 Å². The average molecular weight is 448 g/mol. The van der Waals surface area contributed by atoms with E-state index in [1.54, 1.807) is 19.1 Å². The van der Waals surface area contributed by atoms with Gasteiger partial charge >= 0.3 is 5.97 Å². The lowest BCUT2D eigenvalue weighted by Gasteiger charge is -2.20. The van der Waals surface area contributed by atoms with Crippen molar-refractivity contribution in [3.05, 3.63) is 77.5 Å². The molecule has 6 heteroatoms. The van der Waals surface area contributed by atoms with Crippen molar-refractivity contribution in [1.29, 1.82) is 0 Å². The molecule has 0 aliphatic carbocycles. The first-order chi connectivity index (χ1) is 15.9. The molecule has 6 nitrogen and oxygen atoms in total. The Hall–Kier alpha value is -3.67. The number of unbranched alkanes of at least 4 members (excludes halogenated alkanes) is 1. The van der Waals surface area contributed by atoms with Crippen LogP contribution in [0.1, 0.15) is 60.8 Å². The minimum atomic E-state index is -1.02. The third-order valence-electron chi connectivity index (χ3n) is 5.28. The first-order valence-electron chi connectivity index (χ1n) is 11.1. The van der Waals surface area contributed by atoms with Gasteiger partial charge in [-0.2, -0.15) is 0 Å². The minimum absolute atomic E-state index is 0.0333. The molecule has 1 heterocycles. The molecule has 3 rings (SSSR count). The molecular weight excluding hydrogens is 418 g/mol. The van der Waals surface area contributed by atoms with Crippen molar-refractivity contribution in [3.8, 4) is 22.8 Å². The molecule has 172 valence electrons. The molecular formula is C27H29NO5. The maximum atomic E-state index is 11.6. The van der Waals surface area contributed by atoms with Crippen LogP contribution in [0.5, 0.6) is 11.5 Å². The van der Waals surface area contributed by atoms with Crippen LogP contribution in [0.3, 0.4) is 0 Å². The molecule has 2 aromatic carbocycles. The van der Waals surface area contributed by atoms with Crippen LogP contribution >= 0.6 is 0 Å². The Morgan fingerprint density at radius 3 is 2.45 bits per heavy atom. The van der Waals surface area contributed by atoms with Crippen LogP contribution in [0.2, 0.25) is 0 Å². The van der Waals surface area contributed by atoms with E-state index in [1.807, 2.05) is 55.5 Å². The second kappa shape index (κ2) is 11.3. The molecule has 0 amide bonds. The summed E-state index contributed by atoms with van der Waals surface area (Å²) in [6.45, 7) is 5.16. The number of ketones is 1. The van der Waals surface area contributed by atoms with Crippen molar-refractivity contribution in [3.63, 3.8) is 0 Å². The molecule has 0 fully saturated rings. The predicted octanol–water partition coefficient (Wildman–Crippen LogP) is 6.03. The number of nitrogens with zero attached hydrogens (tertiary/aromatic N) is 1. The Bertz CT molecular complexity index is 1110. The first kappa shape index (κ1) is 24.0. The maximum absolute atomic E-state index is 11.6. The van der Waals surface area contributed by atoms with Gasteiger partial charge in [0.1, 0.15) is 17.6 Å². The zero-order valence-corrected chi connectivity index (χ0v) is 19.2. The molecule has 3 aromatic rings. The van der Waals surface area contributed by atoms with Crippen molar-refractivity contribution in [2.45, 2.75) is 46.1 Å². The zero-order valence-electron chi connectivity index (χ0n) is 19.2. The van der Waals surface area contributed by atoms with Gasteiger partial charge in [0.05, 0.1) is 11.4 Å². The van der Waals surface area contributed by atoms with Gasteiger partial charge < -0.3 is 14.6 Å². The third kappa shape index (κ3) is 6.65. The summed E-state index contributed by atoms with van der Waals surface area (Å²) in [5.41, 5.74) is 4.06. The van der Waals surface area contributed by atoms with E-state index in [2.05, 4.69) is 6.92 Å². The van der Waals surface area contributed by atoms with Crippen LogP contribution in [0.4, 0.5) is 0 Å². The number of pyridine rings is 1. The lowest BCUT2D eigenvalue weighted by molar-refractivity contribution is -0.139. The van der Waals surface area contributed by atoms with E-state index < -0.39 is 5.97 Å². The van der Waals surface area contributed by atoms with Gasteiger partial charge in [0.15, 0.2) is 12.4 Å². The molecule has 0 bridgehead atoms. The van der Waals surface area contributed by atoms with E-state index in [9.17, 15) is 9.59 Å². The average Bonchev–Trinajstić information content (AvgIpc) is 2.81. The number of ether oxygens (including phenoxy) is 2. The molecule has 0 saturated carbocycles. The van der Waals surface area contributed by atoms with Crippen molar-refractivity contribution in [1.82, 2.24) is 4.98 Å². The number of aliphatic carboxylic acids is 1. The highest BCUT2D eigenvalue weighted by atomic mass is 16.5. The normalized spacial score (nSPS) is 11.6. The highest BCUT2D eigenvalue weighted by molar-refractivity contribution is 5.94. The number of rotatable bonds is 11. The number of carbonyl (C=O) groups excluding carboxylic acids is 1. The van der Waals surface area contributed by atoms with Crippen LogP contribution in [-0.4, -0.2) is 28.4 Å². The summed E-state index contributed by atoms with van der Waals surface area (Å²) < 4.78 is 11.6. The van der Waals surface area contributed by atoms with Gasteiger partial charge in [0, 0.05) is 11.1 Å². The zero-order chi connectivity index (χ0) is 23.8. The summed E-state index contributed by atoms with van der Waals surface area (Å²) in [7, 11) is 0. The van der Waals surface area contributed by atoms with Crippen molar-refractivity contribution in [2.75, 3.05) is 6.61 Å². The second-order valence-electron chi connectivity index (χ2n) is 7.94. The van der Waals surface area contributed by atoms with Gasteiger partial charge in [-0.05, 0) is 62.6 Å². The lowest BCUT2D eigenvalue weighted by atomic mass is 10.0. The largest absolute Gasteiger partial charge is 0.484 e. The summed E-state index contributed by atoms with van der Waals surface area (Å²) in [4.78, 5) is 27.2. The number of aromatic nitrogens is 1. The Morgan fingerprint density at radius 2 is 1.82 bits per heavy atom. The maximum Gasteiger partial charge on any atom is 0.341 e. The van der Waals surface area contributed by atoms with Crippen LogP contribution < -0.4 is 9.47 Å². The summed E-state index contributed by atoms with van der Waals surface area (Å²) in [6, 6.07) is 18.7. The van der Waals surface area contributed by atoms with Gasteiger partial charge in [-0.3, -0.25) is 4.79 Å². The van der Waals surface area contributed by atoms with Crippen LogP contribution in [0.15, 0.2) is 60.7 Å². The molecule has 1 unspecified atom stereocenters. The Labute approximate surface area is 194 Å².